The molecule has 1 aromatic carbocycles. The molecule has 0 saturated heterocycles. The molecule has 90 valence electrons. The molecule has 1 amide bonds. The molecule has 1 aliphatic rings. The fourth-order valence-electron chi connectivity index (χ4n) is 1.85. The second-order valence-corrected chi connectivity index (χ2v) is 3.72. The SMILES string of the molecule is CCOC(=O)N1CNc2c(C(C)=O)cccc21. The molecule has 1 aromatic rings. The molecule has 1 aliphatic heterocycles. The number of ether oxygens (including phenoxy) is 1. The molecule has 17 heavy (non-hydrogen) atoms. The van der Waals surface area contributed by atoms with E-state index in [1.807, 2.05) is 0 Å². The van der Waals surface area contributed by atoms with Crippen molar-refractivity contribution in [3.05, 3.63) is 23.8 Å². The summed E-state index contributed by atoms with van der Waals surface area (Å²) >= 11 is 0. The van der Waals surface area contributed by atoms with Crippen LogP contribution in [0.15, 0.2) is 18.2 Å². The maximum atomic E-state index is 11.7. The highest BCUT2D eigenvalue weighted by molar-refractivity contribution is 6.06. The Morgan fingerprint density at radius 1 is 1.47 bits per heavy atom. The Morgan fingerprint density at radius 3 is 2.88 bits per heavy atom. The number of carbonyl (C=O) groups excluding carboxylic acids is 2. The summed E-state index contributed by atoms with van der Waals surface area (Å²) in [4.78, 5) is 24.6. The Balaban J connectivity index is 2.36. The molecule has 5 nitrogen and oxygen atoms in total. The maximum Gasteiger partial charge on any atom is 0.415 e. The molecule has 5 heteroatoms. The number of anilines is 2. The van der Waals surface area contributed by atoms with Crippen molar-refractivity contribution in [2.75, 3.05) is 23.5 Å². The number of amides is 1. The van der Waals surface area contributed by atoms with Crippen LogP contribution in [0.2, 0.25) is 0 Å². The Kier molecular flexibility index (Phi) is 2.99. The van der Waals surface area contributed by atoms with E-state index in [0.29, 0.717) is 30.2 Å². The summed E-state index contributed by atoms with van der Waals surface area (Å²) in [6, 6.07) is 5.29. The number of carbonyl (C=O) groups is 2. The number of rotatable bonds is 2. The maximum absolute atomic E-state index is 11.7. The quantitative estimate of drug-likeness (QED) is 0.797. The van der Waals surface area contributed by atoms with Crippen molar-refractivity contribution < 1.29 is 14.3 Å². The summed E-state index contributed by atoms with van der Waals surface area (Å²) in [6.45, 7) is 3.92. The molecule has 1 heterocycles. The first-order chi connectivity index (χ1) is 8.15. The monoisotopic (exact) mass is 234 g/mol. The molecule has 0 spiro atoms. The van der Waals surface area contributed by atoms with Crippen molar-refractivity contribution >= 4 is 23.3 Å². The molecule has 0 aliphatic carbocycles. The van der Waals surface area contributed by atoms with E-state index in [2.05, 4.69) is 5.32 Å². The van der Waals surface area contributed by atoms with Gasteiger partial charge in [0.25, 0.3) is 0 Å². The van der Waals surface area contributed by atoms with Gasteiger partial charge in [-0.15, -0.1) is 0 Å². The van der Waals surface area contributed by atoms with Gasteiger partial charge in [0.2, 0.25) is 0 Å². The lowest BCUT2D eigenvalue weighted by atomic mass is 10.1. The fourth-order valence-corrected chi connectivity index (χ4v) is 1.85. The Hall–Kier alpha value is -2.04. The largest absolute Gasteiger partial charge is 0.449 e. The molecule has 1 N–H and O–H groups in total. The van der Waals surface area contributed by atoms with Crippen LogP contribution in [0, 0.1) is 0 Å². The molecular weight excluding hydrogens is 220 g/mol. The van der Waals surface area contributed by atoms with Gasteiger partial charge in [-0.25, -0.2) is 4.79 Å². The van der Waals surface area contributed by atoms with Gasteiger partial charge in [0.15, 0.2) is 5.78 Å². The minimum absolute atomic E-state index is 0.0277. The van der Waals surface area contributed by atoms with Crippen molar-refractivity contribution in [3.63, 3.8) is 0 Å². The van der Waals surface area contributed by atoms with Crippen LogP contribution in [0.25, 0.3) is 0 Å². The summed E-state index contributed by atoms with van der Waals surface area (Å²) in [6.07, 6.45) is -0.403. The van der Waals surface area contributed by atoms with Gasteiger partial charge in [-0.1, -0.05) is 6.07 Å². The Morgan fingerprint density at radius 2 is 2.24 bits per heavy atom. The zero-order chi connectivity index (χ0) is 12.4. The predicted molar refractivity (Wildman–Crippen MR) is 64.4 cm³/mol. The van der Waals surface area contributed by atoms with Gasteiger partial charge in [0.1, 0.15) is 0 Å². The minimum Gasteiger partial charge on any atom is -0.449 e. The summed E-state index contributed by atoms with van der Waals surface area (Å²) < 4.78 is 4.95. The van der Waals surface area contributed by atoms with Gasteiger partial charge in [0, 0.05) is 5.56 Å². The third-order valence-electron chi connectivity index (χ3n) is 2.61. The number of ketones is 1. The van der Waals surface area contributed by atoms with Gasteiger partial charge in [-0.2, -0.15) is 0 Å². The number of Topliss-reactive ketones (excluding diaryl/α,β-unsaturated/α-hetero) is 1. The van der Waals surface area contributed by atoms with Crippen molar-refractivity contribution in [1.29, 1.82) is 0 Å². The number of benzene rings is 1. The Bertz CT molecular complexity index is 471. The normalized spacial score (nSPS) is 12.9. The van der Waals surface area contributed by atoms with Gasteiger partial charge < -0.3 is 10.1 Å². The molecule has 2 rings (SSSR count). The summed E-state index contributed by atoms with van der Waals surface area (Å²) in [7, 11) is 0. The molecule has 0 saturated carbocycles. The summed E-state index contributed by atoms with van der Waals surface area (Å²) in [5.74, 6) is -0.0277. The van der Waals surface area contributed by atoms with Gasteiger partial charge >= 0.3 is 6.09 Å². The molecule has 0 fully saturated rings. The first-order valence-corrected chi connectivity index (χ1v) is 5.47. The van der Waals surface area contributed by atoms with E-state index in [1.165, 1.54) is 11.8 Å². The lowest BCUT2D eigenvalue weighted by Gasteiger charge is -2.14. The van der Waals surface area contributed by atoms with Crippen LogP contribution >= 0.6 is 0 Å². The summed E-state index contributed by atoms with van der Waals surface area (Å²) in [5.41, 5.74) is 1.98. The third kappa shape index (κ3) is 1.95. The first kappa shape index (κ1) is 11.4. The van der Waals surface area contributed by atoms with Crippen LogP contribution in [-0.4, -0.2) is 25.2 Å². The zero-order valence-electron chi connectivity index (χ0n) is 9.82. The zero-order valence-corrected chi connectivity index (χ0v) is 9.82. The highest BCUT2D eigenvalue weighted by Crippen LogP contribution is 2.34. The number of fused-ring (bicyclic) bond motifs is 1. The van der Waals surface area contributed by atoms with Crippen LogP contribution in [0.5, 0.6) is 0 Å². The predicted octanol–water partition coefficient (Wildman–Crippen LogP) is 2.24. The van der Waals surface area contributed by atoms with E-state index < -0.39 is 6.09 Å². The third-order valence-corrected chi connectivity index (χ3v) is 2.61. The van der Waals surface area contributed by atoms with Gasteiger partial charge in [-0.05, 0) is 26.0 Å². The van der Waals surface area contributed by atoms with E-state index in [4.69, 9.17) is 4.74 Å². The van der Waals surface area contributed by atoms with Crippen LogP contribution in [0.3, 0.4) is 0 Å². The van der Waals surface area contributed by atoms with Crippen molar-refractivity contribution in [2.45, 2.75) is 13.8 Å². The summed E-state index contributed by atoms with van der Waals surface area (Å²) in [5, 5.41) is 3.04. The number of nitrogens with zero attached hydrogens (tertiary/aromatic N) is 1. The second-order valence-electron chi connectivity index (χ2n) is 3.72. The number of hydrogen-bond acceptors (Lipinski definition) is 4. The van der Waals surface area contributed by atoms with Gasteiger partial charge in [-0.3, -0.25) is 9.69 Å². The standard InChI is InChI=1S/C12H14N2O3/c1-3-17-12(16)14-7-13-11-9(8(2)15)5-4-6-10(11)14/h4-6,13H,3,7H2,1-2H3. The number of nitrogens with one attached hydrogen (secondary N) is 1. The topological polar surface area (TPSA) is 58.6 Å². The molecule has 0 bridgehead atoms. The van der Waals surface area contributed by atoms with Crippen LogP contribution < -0.4 is 10.2 Å². The van der Waals surface area contributed by atoms with Crippen molar-refractivity contribution in [2.24, 2.45) is 0 Å². The first-order valence-electron chi connectivity index (χ1n) is 5.47. The number of hydrogen-bond donors (Lipinski definition) is 1. The van der Waals surface area contributed by atoms with Gasteiger partial charge in [0.05, 0.1) is 24.7 Å². The van der Waals surface area contributed by atoms with E-state index in [-0.39, 0.29) is 5.78 Å². The average molecular weight is 234 g/mol. The molecular formula is C12H14N2O3. The van der Waals surface area contributed by atoms with Crippen LogP contribution in [-0.2, 0) is 4.74 Å². The van der Waals surface area contributed by atoms with E-state index in [9.17, 15) is 9.59 Å². The van der Waals surface area contributed by atoms with E-state index in [1.54, 1.807) is 25.1 Å². The van der Waals surface area contributed by atoms with Crippen molar-refractivity contribution in [1.82, 2.24) is 0 Å². The second kappa shape index (κ2) is 4.45. The molecule has 0 aromatic heterocycles. The molecule has 0 unspecified atom stereocenters. The average Bonchev–Trinajstić information content (AvgIpc) is 2.72. The highest BCUT2D eigenvalue weighted by Gasteiger charge is 2.27. The smallest absolute Gasteiger partial charge is 0.415 e. The van der Waals surface area contributed by atoms with Crippen LogP contribution in [0.4, 0.5) is 16.2 Å². The van der Waals surface area contributed by atoms with Crippen LogP contribution in [0.1, 0.15) is 24.2 Å². The van der Waals surface area contributed by atoms with E-state index in [0.717, 1.165) is 0 Å². The van der Waals surface area contributed by atoms with Crippen molar-refractivity contribution in [3.8, 4) is 0 Å². The fraction of sp³-hybridized carbons (Fsp3) is 0.333. The molecule has 0 radical (unpaired) electrons. The minimum atomic E-state index is -0.403. The lowest BCUT2D eigenvalue weighted by molar-refractivity contribution is 0.101. The molecule has 0 atom stereocenters. The Labute approximate surface area is 99.4 Å². The highest BCUT2D eigenvalue weighted by atomic mass is 16.6. The lowest BCUT2D eigenvalue weighted by Crippen LogP contribution is -2.31. The van der Waals surface area contributed by atoms with E-state index >= 15 is 0 Å². The number of para-hydroxylation sites is 1.